The van der Waals surface area contributed by atoms with E-state index in [0.717, 1.165) is 18.3 Å². The molecule has 1 aliphatic carbocycles. The number of furan rings is 1. The summed E-state index contributed by atoms with van der Waals surface area (Å²) < 4.78 is 5.38. The van der Waals surface area contributed by atoms with E-state index in [1.54, 1.807) is 6.26 Å². The van der Waals surface area contributed by atoms with Gasteiger partial charge in [0.05, 0.1) is 12.8 Å². The van der Waals surface area contributed by atoms with Gasteiger partial charge in [0.25, 0.3) is 0 Å². The van der Waals surface area contributed by atoms with Gasteiger partial charge in [-0.05, 0) is 25.0 Å². The molecule has 0 spiro atoms. The third-order valence-electron chi connectivity index (χ3n) is 5.28. The fourth-order valence-corrected chi connectivity index (χ4v) is 4.81. The van der Waals surface area contributed by atoms with Crippen LogP contribution in [0.15, 0.2) is 27.8 Å². The number of hydrogen-bond acceptors (Lipinski definition) is 4. The summed E-state index contributed by atoms with van der Waals surface area (Å²) in [5, 5.41) is 6.94. The SMILES string of the molecule is CN=C(NCc1ccco1)NCC1(N2CCSCC2)CCCCC1. The smallest absolute Gasteiger partial charge is 0.191 e. The van der Waals surface area contributed by atoms with Gasteiger partial charge in [-0.2, -0.15) is 11.8 Å². The van der Waals surface area contributed by atoms with Gasteiger partial charge in [0, 0.05) is 43.7 Å². The average molecular weight is 351 g/mol. The molecule has 1 saturated heterocycles. The molecule has 24 heavy (non-hydrogen) atoms. The highest BCUT2D eigenvalue weighted by Gasteiger charge is 2.38. The first-order chi connectivity index (χ1) is 11.8. The Bertz CT molecular complexity index is 505. The van der Waals surface area contributed by atoms with Crippen molar-refractivity contribution in [2.75, 3.05) is 38.2 Å². The first kappa shape index (κ1) is 17.7. The summed E-state index contributed by atoms with van der Waals surface area (Å²) in [5.74, 6) is 4.33. The lowest BCUT2D eigenvalue weighted by Crippen LogP contribution is -2.59. The molecule has 0 unspecified atom stereocenters. The van der Waals surface area contributed by atoms with Gasteiger partial charge in [-0.3, -0.25) is 9.89 Å². The van der Waals surface area contributed by atoms with Crippen molar-refractivity contribution in [3.8, 4) is 0 Å². The van der Waals surface area contributed by atoms with E-state index in [2.05, 4.69) is 32.3 Å². The van der Waals surface area contributed by atoms with E-state index in [1.165, 1.54) is 56.7 Å². The van der Waals surface area contributed by atoms with Gasteiger partial charge >= 0.3 is 0 Å². The van der Waals surface area contributed by atoms with Crippen LogP contribution in [0.5, 0.6) is 0 Å². The Morgan fingerprint density at radius 3 is 2.71 bits per heavy atom. The maximum Gasteiger partial charge on any atom is 0.191 e. The fourth-order valence-electron chi connectivity index (χ4n) is 3.91. The van der Waals surface area contributed by atoms with Crippen molar-refractivity contribution >= 4 is 17.7 Å². The third kappa shape index (κ3) is 4.48. The molecule has 2 aliphatic rings. The van der Waals surface area contributed by atoms with E-state index in [1.807, 2.05) is 19.2 Å². The second-order valence-electron chi connectivity index (χ2n) is 6.74. The first-order valence-corrected chi connectivity index (χ1v) is 10.3. The summed E-state index contributed by atoms with van der Waals surface area (Å²) in [7, 11) is 1.84. The molecule has 2 heterocycles. The lowest BCUT2D eigenvalue weighted by molar-refractivity contribution is 0.0626. The second kappa shape index (κ2) is 8.81. The number of rotatable bonds is 5. The minimum Gasteiger partial charge on any atom is -0.467 e. The quantitative estimate of drug-likeness (QED) is 0.632. The van der Waals surface area contributed by atoms with Crippen LogP contribution in [0.3, 0.4) is 0 Å². The van der Waals surface area contributed by atoms with E-state index in [4.69, 9.17) is 4.42 Å². The predicted octanol–water partition coefficient (Wildman–Crippen LogP) is 2.70. The summed E-state index contributed by atoms with van der Waals surface area (Å²) >= 11 is 2.09. The van der Waals surface area contributed by atoms with Crippen LogP contribution in [0.4, 0.5) is 0 Å². The molecule has 1 aromatic rings. The molecule has 2 fully saturated rings. The molecule has 134 valence electrons. The lowest BCUT2D eigenvalue weighted by Gasteiger charge is -2.48. The van der Waals surface area contributed by atoms with Crippen LogP contribution in [0, 0.1) is 0 Å². The standard InChI is InChI=1S/C18H30N4OS/c1-19-17(20-14-16-6-5-11-23-16)21-15-18(7-3-2-4-8-18)22-9-12-24-13-10-22/h5-6,11H,2-4,7-10,12-15H2,1H3,(H2,19,20,21). The van der Waals surface area contributed by atoms with Crippen LogP contribution in [0.2, 0.25) is 0 Å². The largest absolute Gasteiger partial charge is 0.467 e. The Morgan fingerprint density at radius 2 is 2.04 bits per heavy atom. The van der Waals surface area contributed by atoms with Gasteiger partial charge in [0.1, 0.15) is 5.76 Å². The molecular formula is C18H30N4OS. The topological polar surface area (TPSA) is 52.8 Å². The predicted molar refractivity (Wildman–Crippen MR) is 102 cm³/mol. The number of thioether (sulfide) groups is 1. The summed E-state index contributed by atoms with van der Waals surface area (Å²) in [6.45, 7) is 4.10. The van der Waals surface area contributed by atoms with E-state index in [9.17, 15) is 0 Å². The molecule has 1 saturated carbocycles. The van der Waals surface area contributed by atoms with Gasteiger partial charge in [-0.1, -0.05) is 19.3 Å². The molecule has 0 radical (unpaired) electrons. The van der Waals surface area contributed by atoms with Gasteiger partial charge in [-0.25, -0.2) is 0 Å². The molecule has 0 atom stereocenters. The zero-order valence-electron chi connectivity index (χ0n) is 14.7. The number of guanidine groups is 1. The molecule has 1 aromatic heterocycles. The highest BCUT2D eigenvalue weighted by molar-refractivity contribution is 7.99. The summed E-state index contributed by atoms with van der Waals surface area (Å²) in [5.41, 5.74) is 0.307. The van der Waals surface area contributed by atoms with E-state index in [0.29, 0.717) is 12.1 Å². The highest BCUT2D eigenvalue weighted by atomic mass is 32.2. The Kier molecular flexibility index (Phi) is 6.49. The molecular weight excluding hydrogens is 320 g/mol. The maximum atomic E-state index is 5.38. The zero-order chi connectivity index (χ0) is 16.7. The summed E-state index contributed by atoms with van der Waals surface area (Å²) in [4.78, 5) is 7.12. The van der Waals surface area contributed by atoms with Gasteiger partial charge in [0.2, 0.25) is 0 Å². The third-order valence-corrected chi connectivity index (χ3v) is 6.23. The lowest BCUT2D eigenvalue weighted by atomic mass is 9.80. The van der Waals surface area contributed by atoms with Crippen LogP contribution in [0.1, 0.15) is 37.9 Å². The molecule has 2 N–H and O–H groups in total. The average Bonchev–Trinajstić information content (AvgIpc) is 3.17. The zero-order valence-corrected chi connectivity index (χ0v) is 15.5. The summed E-state index contributed by atoms with van der Waals surface area (Å²) in [6, 6.07) is 3.90. The van der Waals surface area contributed by atoms with Gasteiger partial charge in [0.15, 0.2) is 5.96 Å². The number of nitrogens with one attached hydrogen (secondary N) is 2. The molecule has 1 aliphatic heterocycles. The Morgan fingerprint density at radius 1 is 1.25 bits per heavy atom. The number of aliphatic imine (C=N–C) groups is 1. The number of hydrogen-bond donors (Lipinski definition) is 2. The highest BCUT2D eigenvalue weighted by Crippen LogP contribution is 2.34. The van der Waals surface area contributed by atoms with Crippen LogP contribution >= 0.6 is 11.8 Å². The van der Waals surface area contributed by atoms with Crippen LogP contribution in [0.25, 0.3) is 0 Å². The van der Waals surface area contributed by atoms with Gasteiger partial charge < -0.3 is 15.1 Å². The maximum absolute atomic E-state index is 5.38. The van der Waals surface area contributed by atoms with Crippen molar-refractivity contribution in [1.82, 2.24) is 15.5 Å². The Hall–Kier alpha value is -1.14. The van der Waals surface area contributed by atoms with Crippen molar-refractivity contribution in [1.29, 1.82) is 0 Å². The Balaban J connectivity index is 1.57. The minimum absolute atomic E-state index is 0.307. The van der Waals surface area contributed by atoms with Crippen molar-refractivity contribution in [3.63, 3.8) is 0 Å². The van der Waals surface area contributed by atoms with Gasteiger partial charge in [-0.15, -0.1) is 0 Å². The molecule has 0 bridgehead atoms. The molecule has 6 heteroatoms. The second-order valence-corrected chi connectivity index (χ2v) is 7.97. The van der Waals surface area contributed by atoms with E-state index < -0.39 is 0 Å². The van der Waals surface area contributed by atoms with Crippen LogP contribution in [-0.4, -0.2) is 54.6 Å². The first-order valence-electron chi connectivity index (χ1n) is 9.12. The molecule has 0 aromatic carbocycles. The fraction of sp³-hybridized carbons (Fsp3) is 0.722. The molecule has 3 rings (SSSR count). The van der Waals surface area contributed by atoms with Crippen molar-refractivity contribution in [3.05, 3.63) is 24.2 Å². The van der Waals surface area contributed by atoms with Crippen molar-refractivity contribution in [2.24, 2.45) is 4.99 Å². The minimum atomic E-state index is 0.307. The van der Waals surface area contributed by atoms with Crippen LogP contribution < -0.4 is 10.6 Å². The monoisotopic (exact) mass is 350 g/mol. The molecule has 0 amide bonds. The van der Waals surface area contributed by atoms with E-state index >= 15 is 0 Å². The van der Waals surface area contributed by atoms with Crippen molar-refractivity contribution in [2.45, 2.75) is 44.2 Å². The van der Waals surface area contributed by atoms with Crippen molar-refractivity contribution < 1.29 is 4.42 Å². The Labute approximate surface area is 149 Å². The molecule has 5 nitrogen and oxygen atoms in total. The normalized spacial score (nSPS) is 22.3. The van der Waals surface area contributed by atoms with Crippen LogP contribution in [-0.2, 0) is 6.54 Å². The number of nitrogens with zero attached hydrogens (tertiary/aromatic N) is 2. The summed E-state index contributed by atoms with van der Waals surface area (Å²) in [6.07, 6.45) is 8.40. The van der Waals surface area contributed by atoms with E-state index in [-0.39, 0.29) is 0 Å².